The lowest BCUT2D eigenvalue weighted by Gasteiger charge is -2.38. The van der Waals surface area contributed by atoms with E-state index in [1.165, 1.54) is 12.1 Å². The molecule has 1 N–H and O–H groups in total. The quantitative estimate of drug-likeness (QED) is 0.927. The van der Waals surface area contributed by atoms with Crippen LogP contribution in [0.4, 0.5) is 4.39 Å². The molecule has 1 saturated heterocycles. The normalized spacial score (nSPS) is 16.9. The van der Waals surface area contributed by atoms with Gasteiger partial charge < -0.3 is 10.0 Å². The van der Waals surface area contributed by atoms with Crippen LogP contribution in [0.1, 0.15) is 47.8 Å². The number of aliphatic hydroxyl groups is 1. The van der Waals surface area contributed by atoms with Crippen LogP contribution in [0.25, 0.3) is 0 Å². The highest BCUT2D eigenvalue weighted by Gasteiger charge is 2.36. The lowest BCUT2D eigenvalue weighted by molar-refractivity contribution is -0.0211. The van der Waals surface area contributed by atoms with Crippen molar-refractivity contribution in [1.29, 1.82) is 0 Å². The number of nitrogens with zero attached hydrogens (tertiary/aromatic N) is 3. The minimum atomic E-state index is -1.01. The highest BCUT2D eigenvalue weighted by atomic mass is 19.1. The lowest BCUT2D eigenvalue weighted by atomic mass is 9.84. The van der Waals surface area contributed by atoms with Crippen LogP contribution in [0.3, 0.4) is 0 Å². The van der Waals surface area contributed by atoms with E-state index in [4.69, 9.17) is 0 Å². The molecule has 1 aliphatic heterocycles. The topological polar surface area (TPSA) is 58.4 Å². The largest absolute Gasteiger partial charge is 0.385 e. The van der Waals surface area contributed by atoms with Gasteiger partial charge in [-0.05, 0) is 43.9 Å². The second-order valence-corrected chi connectivity index (χ2v) is 6.70. The molecule has 0 atom stereocenters. The maximum atomic E-state index is 13.1. The summed E-state index contributed by atoms with van der Waals surface area (Å²) >= 11 is 0. The van der Waals surface area contributed by atoms with Gasteiger partial charge in [0.1, 0.15) is 5.82 Å². The van der Waals surface area contributed by atoms with Crippen LogP contribution in [0, 0.1) is 12.7 Å². The predicted molar refractivity (Wildman–Crippen MR) is 92.7 cm³/mol. The second-order valence-electron chi connectivity index (χ2n) is 6.70. The molecule has 1 aromatic carbocycles. The molecule has 3 rings (SSSR count). The fourth-order valence-electron chi connectivity index (χ4n) is 3.39. The highest BCUT2D eigenvalue weighted by molar-refractivity contribution is 5.95. The first kappa shape index (κ1) is 17.6. The summed E-state index contributed by atoms with van der Waals surface area (Å²) < 4.78 is 14.9. The van der Waals surface area contributed by atoms with Crippen LogP contribution in [0.2, 0.25) is 0 Å². The Kier molecular flexibility index (Phi) is 4.90. The SMILES string of the molecule is CCCn1ncc(C(=O)N2CCC(O)(c3ccc(F)cc3)CC2)c1C. The van der Waals surface area contributed by atoms with Gasteiger partial charge >= 0.3 is 0 Å². The number of rotatable bonds is 4. The third-order valence-electron chi connectivity index (χ3n) is 5.03. The van der Waals surface area contributed by atoms with Gasteiger partial charge in [0.15, 0.2) is 0 Å². The molecule has 0 aliphatic carbocycles. The molecule has 2 heterocycles. The average molecular weight is 345 g/mol. The maximum absolute atomic E-state index is 13.1. The first-order chi connectivity index (χ1) is 11.9. The van der Waals surface area contributed by atoms with Gasteiger partial charge in [-0.15, -0.1) is 0 Å². The minimum Gasteiger partial charge on any atom is -0.385 e. The average Bonchev–Trinajstić information content (AvgIpc) is 2.97. The van der Waals surface area contributed by atoms with Crippen molar-refractivity contribution in [1.82, 2.24) is 14.7 Å². The van der Waals surface area contributed by atoms with Gasteiger partial charge in [-0.1, -0.05) is 19.1 Å². The van der Waals surface area contributed by atoms with E-state index in [1.54, 1.807) is 23.2 Å². The van der Waals surface area contributed by atoms with Gasteiger partial charge in [-0.3, -0.25) is 9.48 Å². The number of aromatic nitrogens is 2. The van der Waals surface area contributed by atoms with E-state index < -0.39 is 5.60 Å². The minimum absolute atomic E-state index is 0.0407. The fourth-order valence-corrected chi connectivity index (χ4v) is 3.39. The third kappa shape index (κ3) is 3.44. The predicted octanol–water partition coefficient (Wildman–Crippen LogP) is 2.86. The number of benzene rings is 1. The molecule has 2 aromatic rings. The molecule has 0 radical (unpaired) electrons. The van der Waals surface area contributed by atoms with Crippen LogP contribution >= 0.6 is 0 Å². The van der Waals surface area contributed by atoms with Crippen molar-refractivity contribution < 1.29 is 14.3 Å². The summed E-state index contributed by atoms with van der Waals surface area (Å²) in [6.45, 7) is 5.71. The van der Waals surface area contributed by atoms with Crippen LogP contribution < -0.4 is 0 Å². The molecule has 134 valence electrons. The van der Waals surface area contributed by atoms with Crippen molar-refractivity contribution in [3.8, 4) is 0 Å². The van der Waals surface area contributed by atoms with E-state index in [0.29, 0.717) is 37.1 Å². The molecule has 25 heavy (non-hydrogen) atoms. The van der Waals surface area contributed by atoms with Crippen molar-refractivity contribution in [2.75, 3.05) is 13.1 Å². The first-order valence-electron chi connectivity index (χ1n) is 8.75. The number of likely N-dealkylation sites (tertiary alicyclic amines) is 1. The Balaban J connectivity index is 1.69. The Morgan fingerprint density at radius 1 is 1.28 bits per heavy atom. The van der Waals surface area contributed by atoms with E-state index in [9.17, 15) is 14.3 Å². The summed E-state index contributed by atoms with van der Waals surface area (Å²) in [4.78, 5) is 14.5. The molecule has 1 amide bonds. The molecular weight excluding hydrogens is 321 g/mol. The zero-order valence-electron chi connectivity index (χ0n) is 14.7. The summed E-state index contributed by atoms with van der Waals surface area (Å²) in [6.07, 6.45) is 3.47. The number of hydrogen-bond acceptors (Lipinski definition) is 3. The Bertz CT molecular complexity index is 747. The zero-order chi connectivity index (χ0) is 18.0. The van der Waals surface area contributed by atoms with Crippen molar-refractivity contribution in [2.24, 2.45) is 0 Å². The molecule has 0 spiro atoms. The smallest absolute Gasteiger partial charge is 0.257 e. The number of hydrogen-bond donors (Lipinski definition) is 1. The number of carbonyl (C=O) groups excluding carboxylic acids is 1. The molecule has 5 nitrogen and oxygen atoms in total. The van der Waals surface area contributed by atoms with E-state index >= 15 is 0 Å². The van der Waals surface area contributed by atoms with Crippen LogP contribution in [-0.4, -0.2) is 38.8 Å². The number of aryl methyl sites for hydroxylation is 1. The van der Waals surface area contributed by atoms with Gasteiger partial charge in [0.2, 0.25) is 0 Å². The van der Waals surface area contributed by atoms with Crippen LogP contribution in [0.15, 0.2) is 30.5 Å². The first-order valence-corrected chi connectivity index (χ1v) is 8.75. The third-order valence-corrected chi connectivity index (χ3v) is 5.03. The second kappa shape index (κ2) is 6.96. The molecule has 0 bridgehead atoms. The van der Waals surface area contributed by atoms with E-state index in [2.05, 4.69) is 12.0 Å². The lowest BCUT2D eigenvalue weighted by Crippen LogP contribution is -2.45. The zero-order valence-corrected chi connectivity index (χ0v) is 14.7. The molecule has 0 unspecified atom stereocenters. The van der Waals surface area contributed by atoms with E-state index in [1.807, 2.05) is 11.6 Å². The van der Waals surface area contributed by atoms with Crippen molar-refractivity contribution in [3.63, 3.8) is 0 Å². The van der Waals surface area contributed by atoms with Crippen molar-refractivity contribution in [3.05, 3.63) is 53.1 Å². The Labute approximate surface area is 147 Å². The molecule has 1 aromatic heterocycles. The number of halogens is 1. The summed E-state index contributed by atoms with van der Waals surface area (Å²) in [5.41, 5.74) is 1.20. The molecule has 0 saturated carbocycles. The van der Waals surface area contributed by atoms with Crippen LogP contribution in [-0.2, 0) is 12.1 Å². The molecule has 1 fully saturated rings. The summed E-state index contributed by atoms with van der Waals surface area (Å²) in [5, 5.41) is 15.1. The maximum Gasteiger partial charge on any atom is 0.257 e. The molecule has 6 heteroatoms. The molecular formula is C19H24FN3O2. The molecule has 1 aliphatic rings. The number of carbonyl (C=O) groups is 1. The van der Waals surface area contributed by atoms with Crippen LogP contribution in [0.5, 0.6) is 0 Å². The van der Waals surface area contributed by atoms with Gasteiger partial charge in [-0.25, -0.2) is 4.39 Å². The van der Waals surface area contributed by atoms with Crippen molar-refractivity contribution in [2.45, 2.75) is 45.3 Å². The Morgan fingerprint density at radius 2 is 1.92 bits per heavy atom. The standard InChI is InChI=1S/C19H24FN3O2/c1-3-10-23-14(2)17(13-21-23)18(24)22-11-8-19(25,9-12-22)15-4-6-16(20)7-5-15/h4-7,13,25H,3,8-12H2,1-2H3. The Morgan fingerprint density at radius 3 is 2.52 bits per heavy atom. The van der Waals surface area contributed by atoms with E-state index in [0.717, 1.165) is 18.7 Å². The van der Waals surface area contributed by atoms with E-state index in [-0.39, 0.29) is 11.7 Å². The van der Waals surface area contributed by atoms with Gasteiger partial charge in [-0.2, -0.15) is 5.10 Å². The number of amides is 1. The monoisotopic (exact) mass is 345 g/mol. The Hall–Kier alpha value is -2.21. The highest BCUT2D eigenvalue weighted by Crippen LogP contribution is 2.33. The summed E-state index contributed by atoms with van der Waals surface area (Å²) in [5.74, 6) is -0.361. The van der Waals surface area contributed by atoms with Crippen molar-refractivity contribution >= 4 is 5.91 Å². The summed E-state index contributed by atoms with van der Waals surface area (Å²) in [6, 6.07) is 5.95. The summed E-state index contributed by atoms with van der Waals surface area (Å²) in [7, 11) is 0. The van der Waals surface area contributed by atoms with Gasteiger partial charge in [0.05, 0.1) is 17.4 Å². The van der Waals surface area contributed by atoms with Gasteiger partial charge in [0.25, 0.3) is 5.91 Å². The number of piperidine rings is 1. The van der Waals surface area contributed by atoms with Gasteiger partial charge in [0, 0.05) is 25.3 Å². The fraction of sp³-hybridized carbons (Fsp3) is 0.474.